The van der Waals surface area contributed by atoms with Crippen molar-refractivity contribution in [2.75, 3.05) is 5.32 Å². The lowest BCUT2D eigenvalue weighted by molar-refractivity contribution is 0.0492. The second-order valence-corrected chi connectivity index (χ2v) is 8.67. The van der Waals surface area contributed by atoms with E-state index in [2.05, 4.69) is 52.5 Å². The summed E-state index contributed by atoms with van der Waals surface area (Å²) >= 11 is 3.54. The van der Waals surface area contributed by atoms with Crippen LogP contribution < -0.4 is 10.6 Å². The van der Waals surface area contributed by atoms with Gasteiger partial charge in [-0.3, -0.25) is 0 Å². The summed E-state index contributed by atoms with van der Waals surface area (Å²) in [5.41, 5.74) is 3.31. The molecular formula is C19H29BrN2O2. The summed E-state index contributed by atoms with van der Waals surface area (Å²) in [6.07, 6.45) is 3.75. The number of anilines is 1. The SMILES string of the molecule is Cc1cc(Br)cc(C)c1NC1CCC(NC(=O)OC(C)(C)C)CC1. The van der Waals surface area contributed by atoms with Gasteiger partial charge in [-0.05, 0) is 83.6 Å². The molecule has 4 nitrogen and oxygen atoms in total. The maximum Gasteiger partial charge on any atom is 0.407 e. The van der Waals surface area contributed by atoms with Gasteiger partial charge in [-0.1, -0.05) is 15.9 Å². The number of aryl methyl sites for hydroxylation is 2. The minimum atomic E-state index is -0.445. The van der Waals surface area contributed by atoms with Gasteiger partial charge >= 0.3 is 6.09 Å². The standard InChI is InChI=1S/C19H29BrN2O2/c1-12-10-14(20)11-13(2)17(12)21-15-6-8-16(9-7-15)22-18(23)24-19(3,4)5/h10-11,15-16,21H,6-9H2,1-5H3,(H,22,23). The zero-order valence-corrected chi connectivity index (χ0v) is 16.9. The lowest BCUT2D eigenvalue weighted by atomic mass is 9.90. The van der Waals surface area contributed by atoms with Gasteiger partial charge in [0, 0.05) is 22.2 Å². The van der Waals surface area contributed by atoms with Crippen molar-refractivity contribution in [3.63, 3.8) is 0 Å². The summed E-state index contributed by atoms with van der Waals surface area (Å²) in [5, 5.41) is 6.69. The molecule has 0 aliphatic heterocycles. The third-order valence-corrected chi connectivity index (χ3v) is 4.75. The van der Waals surface area contributed by atoms with Crippen LogP contribution in [-0.4, -0.2) is 23.8 Å². The largest absolute Gasteiger partial charge is 0.444 e. The van der Waals surface area contributed by atoms with Gasteiger partial charge in [-0.15, -0.1) is 0 Å². The minimum Gasteiger partial charge on any atom is -0.444 e. The summed E-state index contributed by atoms with van der Waals surface area (Å²) in [4.78, 5) is 11.9. The maximum atomic E-state index is 11.9. The van der Waals surface area contributed by atoms with Crippen molar-refractivity contribution in [3.8, 4) is 0 Å². The Hall–Kier alpha value is -1.23. The van der Waals surface area contributed by atoms with Crippen LogP contribution in [0, 0.1) is 13.8 Å². The molecule has 1 aliphatic rings. The number of ether oxygens (including phenoxy) is 1. The van der Waals surface area contributed by atoms with Gasteiger partial charge in [0.1, 0.15) is 5.60 Å². The Morgan fingerprint density at radius 3 is 2.08 bits per heavy atom. The highest BCUT2D eigenvalue weighted by molar-refractivity contribution is 9.10. The fourth-order valence-electron chi connectivity index (χ4n) is 3.20. The topological polar surface area (TPSA) is 50.4 Å². The molecule has 0 unspecified atom stereocenters. The van der Waals surface area contributed by atoms with Crippen LogP contribution in [0.4, 0.5) is 10.5 Å². The van der Waals surface area contributed by atoms with Crippen LogP contribution in [0.1, 0.15) is 57.6 Å². The van der Waals surface area contributed by atoms with Crippen LogP contribution in [0.5, 0.6) is 0 Å². The van der Waals surface area contributed by atoms with Gasteiger partial charge in [0.05, 0.1) is 0 Å². The number of benzene rings is 1. The first-order valence-corrected chi connectivity index (χ1v) is 9.46. The monoisotopic (exact) mass is 396 g/mol. The molecule has 0 atom stereocenters. The summed E-state index contributed by atoms with van der Waals surface area (Å²) in [7, 11) is 0. The van der Waals surface area contributed by atoms with Crippen molar-refractivity contribution in [3.05, 3.63) is 27.7 Å². The predicted octanol–water partition coefficient (Wildman–Crippen LogP) is 5.31. The Morgan fingerprint density at radius 1 is 1.08 bits per heavy atom. The van der Waals surface area contributed by atoms with Gasteiger partial charge in [0.15, 0.2) is 0 Å². The van der Waals surface area contributed by atoms with Crippen molar-refractivity contribution in [1.29, 1.82) is 0 Å². The van der Waals surface area contributed by atoms with E-state index in [1.807, 2.05) is 20.8 Å². The van der Waals surface area contributed by atoms with E-state index >= 15 is 0 Å². The lowest BCUT2D eigenvalue weighted by Gasteiger charge is -2.31. The molecule has 0 aromatic heterocycles. The fraction of sp³-hybridized carbons (Fsp3) is 0.632. The number of carbonyl (C=O) groups excluding carboxylic acids is 1. The molecule has 0 heterocycles. The molecule has 134 valence electrons. The molecule has 1 amide bonds. The molecule has 0 bridgehead atoms. The van der Waals surface area contributed by atoms with Crippen LogP contribution in [0.15, 0.2) is 16.6 Å². The zero-order valence-electron chi connectivity index (χ0n) is 15.3. The fourth-order valence-corrected chi connectivity index (χ4v) is 3.89. The molecule has 1 aliphatic carbocycles. The van der Waals surface area contributed by atoms with E-state index in [0.29, 0.717) is 6.04 Å². The van der Waals surface area contributed by atoms with Crippen LogP contribution in [0.25, 0.3) is 0 Å². The molecule has 0 radical (unpaired) electrons. The first-order chi connectivity index (χ1) is 11.1. The Morgan fingerprint density at radius 2 is 1.58 bits per heavy atom. The van der Waals surface area contributed by atoms with Crippen molar-refractivity contribution >= 4 is 27.7 Å². The van der Waals surface area contributed by atoms with Gasteiger partial charge < -0.3 is 15.4 Å². The third-order valence-electron chi connectivity index (χ3n) is 4.29. The van der Waals surface area contributed by atoms with Gasteiger partial charge in [-0.2, -0.15) is 0 Å². The van der Waals surface area contributed by atoms with E-state index in [9.17, 15) is 4.79 Å². The molecule has 1 saturated carbocycles. The van der Waals surface area contributed by atoms with Gasteiger partial charge in [0.2, 0.25) is 0 Å². The van der Waals surface area contributed by atoms with Crippen LogP contribution >= 0.6 is 15.9 Å². The summed E-state index contributed by atoms with van der Waals surface area (Å²) in [6.45, 7) is 9.93. The lowest BCUT2D eigenvalue weighted by Crippen LogP contribution is -2.42. The van der Waals surface area contributed by atoms with E-state index in [1.165, 1.54) is 16.8 Å². The van der Waals surface area contributed by atoms with Gasteiger partial charge in [-0.25, -0.2) is 4.79 Å². The molecule has 1 aromatic rings. The molecule has 2 N–H and O–H groups in total. The highest BCUT2D eigenvalue weighted by atomic mass is 79.9. The smallest absolute Gasteiger partial charge is 0.407 e. The second kappa shape index (κ2) is 7.77. The van der Waals surface area contributed by atoms with Crippen molar-refractivity contribution in [2.24, 2.45) is 0 Å². The number of hydrogen-bond acceptors (Lipinski definition) is 3. The van der Waals surface area contributed by atoms with Gasteiger partial charge in [0.25, 0.3) is 0 Å². The molecule has 0 saturated heterocycles. The van der Waals surface area contributed by atoms with Crippen LogP contribution in [0.2, 0.25) is 0 Å². The van der Waals surface area contributed by atoms with E-state index in [0.717, 1.165) is 30.2 Å². The average molecular weight is 397 g/mol. The molecule has 1 aromatic carbocycles. The zero-order chi connectivity index (χ0) is 17.9. The number of carbonyl (C=O) groups is 1. The van der Waals surface area contributed by atoms with Crippen molar-refractivity contribution in [2.45, 2.75) is 78.0 Å². The maximum absolute atomic E-state index is 11.9. The number of rotatable bonds is 3. The summed E-state index contributed by atoms with van der Waals surface area (Å²) in [5.74, 6) is 0. The Labute approximate surface area is 153 Å². The van der Waals surface area contributed by atoms with E-state index in [-0.39, 0.29) is 12.1 Å². The van der Waals surface area contributed by atoms with Crippen molar-refractivity contribution < 1.29 is 9.53 Å². The number of amides is 1. The highest BCUT2D eigenvalue weighted by Gasteiger charge is 2.25. The highest BCUT2D eigenvalue weighted by Crippen LogP contribution is 2.29. The average Bonchev–Trinajstić information content (AvgIpc) is 2.42. The number of hydrogen-bond donors (Lipinski definition) is 2. The van der Waals surface area contributed by atoms with E-state index in [4.69, 9.17) is 4.74 Å². The number of halogens is 1. The normalized spacial score (nSPS) is 21.2. The molecule has 2 rings (SSSR count). The van der Waals surface area contributed by atoms with Crippen LogP contribution in [-0.2, 0) is 4.74 Å². The van der Waals surface area contributed by atoms with Crippen molar-refractivity contribution in [1.82, 2.24) is 5.32 Å². The molecule has 24 heavy (non-hydrogen) atoms. The molecule has 0 spiro atoms. The Bertz CT molecular complexity index is 565. The molecule has 5 heteroatoms. The minimum absolute atomic E-state index is 0.213. The quantitative estimate of drug-likeness (QED) is 0.727. The third kappa shape index (κ3) is 5.69. The summed E-state index contributed by atoms with van der Waals surface area (Å²) in [6, 6.07) is 4.96. The number of alkyl carbamates (subject to hydrolysis) is 1. The second-order valence-electron chi connectivity index (χ2n) is 7.75. The molecule has 1 fully saturated rings. The van der Waals surface area contributed by atoms with E-state index < -0.39 is 5.60 Å². The van der Waals surface area contributed by atoms with Crippen LogP contribution in [0.3, 0.4) is 0 Å². The van der Waals surface area contributed by atoms with E-state index in [1.54, 1.807) is 0 Å². The first-order valence-electron chi connectivity index (χ1n) is 8.67. The Balaban J connectivity index is 1.84. The molecular weight excluding hydrogens is 368 g/mol. The first kappa shape index (κ1) is 19.1. The summed E-state index contributed by atoms with van der Waals surface area (Å²) < 4.78 is 6.45. The Kier molecular flexibility index (Phi) is 6.18. The predicted molar refractivity (Wildman–Crippen MR) is 103 cm³/mol. The number of nitrogens with one attached hydrogen (secondary N) is 2.